The van der Waals surface area contributed by atoms with Crippen molar-refractivity contribution >= 4 is 29.6 Å². The van der Waals surface area contributed by atoms with Gasteiger partial charge in [0.2, 0.25) is 0 Å². The topological polar surface area (TPSA) is 40.5 Å². The second-order valence-electron chi connectivity index (χ2n) is 1.49. The van der Waals surface area contributed by atoms with Crippen LogP contribution in [0.15, 0.2) is 0 Å². The monoisotopic (exact) mass is 99.0 g/mol. The van der Waals surface area contributed by atoms with Crippen molar-refractivity contribution in [2.24, 2.45) is 0 Å². The second-order valence-corrected chi connectivity index (χ2v) is 1.49. The fourth-order valence-electron chi connectivity index (χ4n) is 0. The molecule has 0 saturated heterocycles. The van der Waals surface area contributed by atoms with Gasteiger partial charge in [-0.25, -0.2) is 0 Å². The standard InChI is InChI=1S/C3H8O2.Na/c1-3(2,4)5;/h4-5H,1-2H3;. The normalized spacial score (nSPS) is 10.0. The van der Waals surface area contributed by atoms with Crippen molar-refractivity contribution in [3.05, 3.63) is 0 Å². The molecule has 33 valence electrons. The van der Waals surface area contributed by atoms with Crippen LogP contribution in [-0.2, 0) is 0 Å². The van der Waals surface area contributed by atoms with Crippen LogP contribution in [0.3, 0.4) is 0 Å². The molecule has 0 bridgehead atoms. The molecule has 0 aromatic carbocycles. The molecule has 6 heavy (non-hydrogen) atoms. The van der Waals surface area contributed by atoms with Gasteiger partial charge in [-0.1, -0.05) is 0 Å². The molecule has 0 saturated carbocycles. The Bertz CT molecular complexity index is 24.3. The van der Waals surface area contributed by atoms with Crippen molar-refractivity contribution in [3.63, 3.8) is 0 Å². The molecule has 0 aliphatic rings. The van der Waals surface area contributed by atoms with Crippen LogP contribution in [0, 0.1) is 0 Å². The Kier molecular flexibility index (Phi) is 5.00. The molecule has 0 rings (SSSR count). The van der Waals surface area contributed by atoms with E-state index in [-0.39, 0.29) is 29.6 Å². The van der Waals surface area contributed by atoms with Gasteiger partial charge in [-0.2, -0.15) is 0 Å². The van der Waals surface area contributed by atoms with E-state index in [0.717, 1.165) is 0 Å². The Morgan fingerprint density at radius 3 is 1.17 bits per heavy atom. The molecular formula is C3H8NaO2. The third kappa shape index (κ3) is 89.3. The van der Waals surface area contributed by atoms with E-state index in [1.54, 1.807) is 0 Å². The first kappa shape index (κ1) is 10.0. The molecule has 3 heteroatoms. The van der Waals surface area contributed by atoms with Gasteiger partial charge in [0, 0.05) is 29.6 Å². The number of hydrogen-bond donors (Lipinski definition) is 2. The van der Waals surface area contributed by atoms with Crippen LogP contribution in [0.25, 0.3) is 0 Å². The third-order valence-corrected chi connectivity index (χ3v) is 0. The van der Waals surface area contributed by atoms with E-state index in [1.165, 1.54) is 13.8 Å². The van der Waals surface area contributed by atoms with E-state index in [2.05, 4.69) is 0 Å². The van der Waals surface area contributed by atoms with Gasteiger partial charge >= 0.3 is 0 Å². The summed E-state index contributed by atoms with van der Waals surface area (Å²) in [6.45, 7) is 2.60. The first-order chi connectivity index (χ1) is 2.00. The van der Waals surface area contributed by atoms with E-state index >= 15 is 0 Å². The first-order valence-corrected chi connectivity index (χ1v) is 1.45. The quantitative estimate of drug-likeness (QED) is 0.312. The summed E-state index contributed by atoms with van der Waals surface area (Å²) in [6.07, 6.45) is 0. The van der Waals surface area contributed by atoms with Gasteiger partial charge in [0.25, 0.3) is 0 Å². The average molecular weight is 99.1 g/mol. The van der Waals surface area contributed by atoms with Crippen LogP contribution in [0.5, 0.6) is 0 Å². The maximum absolute atomic E-state index is 8.08. The number of hydrogen-bond acceptors (Lipinski definition) is 2. The maximum Gasteiger partial charge on any atom is 0.156 e. The van der Waals surface area contributed by atoms with Gasteiger partial charge in [0.05, 0.1) is 0 Å². The molecule has 0 atom stereocenters. The molecular weight excluding hydrogens is 91.0 g/mol. The van der Waals surface area contributed by atoms with Gasteiger partial charge < -0.3 is 10.2 Å². The summed E-state index contributed by atoms with van der Waals surface area (Å²) in [6, 6.07) is 0. The Hall–Kier alpha value is 0.920. The molecule has 0 unspecified atom stereocenters. The zero-order valence-electron chi connectivity index (χ0n) is 4.39. The summed E-state index contributed by atoms with van der Waals surface area (Å²) in [5.41, 5.74) is 0. The van der Waals surface area contributed by atoms with Crippen LogP contribution in [0.4, 0.5) is 0 Å². The molecule has 0 fully saturated rings. The van der Waals surface area contributed by atoms with Crippen molar-refractivity contribution in [2.75, 3.05) is 0 Å². The SMILES string of the molecule is CC(C)(O)O.[Na]. The maximum atomic E-state index is 8.08. The summed E-state index contributed by atoms with van der Waals surface area (Å²) in [5, 5.41) is 16.2. The predicted octanol–water partition coefficient (Wildman–Crippen LogP) is -0.674. The van der Waals surface area contributed by atoms with Crippen LogP contribution in [0.2, 0.25) is 0 Å². The Morgan fingerprint density at radius 1 is 1.17 bits per heavy atom. The fraction of sp³-hybridized carbons (Fsp3) is 1.00. The molecule has 1 radical (unpaired) electrons. The molecule has 0 aliphatic heterocycles. The molecule has 2 nitrogen and oxygen atoms in total. The van der Waals surface area contributed by atoms with Crippen molar-refractivity contribution in [3.8, 4) is 0 Å². The summed E-state index contributed by atoms with van der Waals surface area (Å²) in [7, 11) is 0. The Labute approximate surface area is 59.5 Å². The van der Waals surface area contributed by atoms with Crippen molar-refractivity contribution < 1.29 is 10.2 Å². The van der Waals surface area contributed by atoms with Crippen molar-refractivity contribution in [1.29, 1.82) is 0 Å². The van der Waals surface area contributed by atoms with Crippen molar-refractivity contribution in [2.45, 2.75) is 19.6 Å². The van der Waals surface area contributed by atoms with Crippen molar-refractivity contribution in [1.82, 2.24) is 0 Å². The summed E-state index contributed by atoms with van der Waals surface area (Å²) in [4.78, 5) is 0. The van der Waals surface area contributed by atoms with Crippen LogP contribution in [-0.4, -0.2) is 45.6 Å². The molecule has 0 spiro atoms. The number of aliphatic hydroxyl groups is 2. The minimum absolute atomic E-state index is 0. The minimum atomic E-state index is -1.50. The van der Waals surface area contributed by atoms with Gasteiger partial charge in [-0.05, 0) is 13.8 Å². The summed E-state index contributed by atoms with van der Waals surface area (Å²) < 4.78 is 0. The van der Waals surface area contributed by atoms with Crippen LogP contribution >= 0.6 is 0 Å². The van der Waals surface area contributed by atoms with Crippen LogP contribution < -0.4 is 0 Å². The van der Waals surface area contributed by atoms with E-state index in [0.29, 0.717) is 0 Å². The Balaban J connectivity index is 0. The smallest absolute Gasteiger partial charge is 0.156 e. The third-order valence-electron chi connectivity index (χ3n) is 0. The zero-order chi connectivity index (χ0) is 4.50. The molecule has 0 aromatic heterocycles. The largest absolute Gasteiger partial charge is 0.366 e. The summed E-state index contributed by atoms with van der Waals surface area (Å²) in [5.74, 6) is -1.50. The van der Waals surface area contributed by atoms with Crippen LogP contribution in [0.1, 0.15) is 13.8 Å². The second kappa shape index (κ2) is 2.99. The van der Waals surface area contributed by atoms with E-state index in [1.807, 2.05) is 0 Å². The minimum Gasteiger partial charge on any atom is -0.366 e. The molecule has 0 aromatic rings. The fourth-order valence-corrected chi connectivity index (χ4v) is 0. The van der Waals surface area contributed by atoms with Gasteiger partial charge in [0.1, 0.15) is 0 Å². The van der Waals surface area contributed by atoms with E-state index in [4.69, 9.17) is 10.2 Å². The molecule has 0 aliphatic carbocycles. The van der Waals surface area contributed by atoms with E-state index in [9.17, 15) is 0 Å². The zero-order valence-corrected chi connectivity index (χ0v) is 6.39. The molecule has 0 amide bonds. The average Bonchev–Trinajstić information content (AvgIpc) is 0.722. The molecule has 0 heterocycles. The van der Waals surface area contributed by atoms with E-state index < -0.39 is 5.79 Å². The summed E-state index contributed by atoms with van der Waals surface area (Å²) >= 11 is 0. The predicted molar refractivity (Wildman–Crippen MR) is 24.3 cm³/mol. The van der Waals surface area contributed by atoms with Gasteiger partial charge in [-0.3, -0.25) is 0 Å². The Morgan fingerprint density at radius 2 is 1.17 bits per heavy atom. The van der Waals surface area contributed by atoms with Gasteiger partial charge in [-0.15, -0.1) is 0 Å². The first-order valence-electron chi connectivity index (χ1n) is 1.45. The molecule has 2 N–H and O–H groups in total. The number of rotatable bonds is 0. The van der Waals surface area contributed by atoms with Gasteiger partial charge in [0.15, 0.2) is 5.79 Å².